The summed E-state index contributed by atoms with van der Waals surface area (Å²) in [4.78, 5) is 11.6. The monoisotopic (exact) mass is 280 g/mol. The molecule has 3 heteroatoms. The summed E-state index contributed by atoms with van der Waals surface area (Å²) in [5.41, 5.74) is 0. The lowest BCUT2D eigenvalue weighted by atomic mass is 9.81. The summed E-state index contributed by atoms with van der Waals surface area (Å²) in [7, 11) is 0. The van der Waals surface area contributed by atoms with Crippen LogP contribution in [0.4, 0.5) is 0 Å². The molecule has 2 atom stereocenters. The van der Waals surface area contributed by atoms with Crippen LogP contribution in [0, 0.1) is 11.8 Å². The van der Waals surface area contributed by atoms with Crippen LogP contribution in [0.2, 0.25) is 0 Å². The van der Waals surface area contributed by atoms with Gasteiger partial charge in [0.05, 0.1) is 0 Å². The molecule has 1 amide bonds. The first-order valence-corrected chi connectivity index (χ1v) is 8.66. The molecule has 0 spiro atoms. The lowest BCUT2D eigenvalue weighted by Gasteiger charge is -2.31. The van der Waals surface area contributed by atoms with Gasteiger partial charge in [-0.3, -0.25) is 4.79 Å². The smallest absolute Gasteiger partial charge is 0.220 e. The van der Waals surface area contributed by atoms with Crippen LogP contribution in [0.25, 0.3) is 0 Å². The predicted octanol–water partition coefficient (Wildman–Crippen LogP) is 3.24. The highest BCUT2D eigenvalue weighted by Crippen LogP contribution is 2.29. The second kappa shape index (κ2) is 8.02. The second-order valence-corrected chi connectivity index (χ2v) is 7.26. The van der Waals surface area contributed by atoms with E-state index in [9.17, 15) is 4.79 Å². The van der Waals surface area contributed by atoms with Crippen molar-refractivity contribution in [3.05, 3.63) is 0 Å². The minimum absolute atomic E-state index is 0.246. The zero-order valence-electron chi connectivity index (χ0n) is 13.3. The molecular formula is C17H32N2O. The van der Waals surface area contributed by atoms with Gasteiger partial charge in [-0.05, 0) is 56.9 Å². The molecule has 0 radical (unpaired) electrons. The number of amides is 1. The summed E-state index contributed by atoms with van der Waals surface area (Å²) in [6, 6.07) is 1.20. The number of carbonyl (C=O) groups is 1. The number of nitrogens with one attached hydrogen (secondary N) is 2. The molecule has 0 saturated heterocycles. The summed E-state index contributed by atoms with van der Waals surface area (Å²) < 4.78 is 0. The van der Waals surface area contributed by atoms with E-state index in [1.807, 2.05) is 0 Å². The average Bonchev–Trinajstić information content (AvgIpc) is 3.18. The van der Waals surface area contributed by atoms with Crippen LogP contribution in [0.5, 0.6) is 0 Å². The number of hydrogen-bond acceptors (Lipinski definition) is 2. The van der Waals surface area contributed by atoms with Gasteiger partial charge in [0, 0.05) is 18.5 Å². The summed E-state index contributed by atoms with van der Waals surface area (Å²) >= 11 is 0. The minimum Gasteiger partial charge on any atom is -0.353 e. The molecule has 0 aromatic carbocycles. The van der Waals surface area contributed by atoms with Crippen molar-refractivity contribution in [3.63, 3.8) is 0 Å². The van der Waals surface area contributed by atoms with Crippen LogP contribution in [-0.2, 0) is 4.79 Å². The fourth-order valence-corrected chi connectivity index (χ4v) is 3.44. The van der Waals surface area contributed by atoms with Crippen LogP contribution < -0.4 is 10.6 Å². The molecule has 2 N–H and O–H groups in total. The third kappa shape index (κ3) is 6.25. The first-order valence-electron chi connectivity index (χ1n) is 8.66. The van der Waals surface area contributed by atoms with E-state index in [4.69, 9.17) is 0 Å². The normalized spacial score (nSPS) is 26.8. The van der Waals surface area contributed by atoms with Crippen LogP contribution in [0.3, 0.4) is 0 Å². The minimum atomic E-state index is 0.246. The second-order valence-electron chi connectivity index (χ2n) is 7.26. The Morgan fingerprint density at radius 2 is 1.95 bits per heavy atom. The average molecular weight is 280 g/mol. The van der Waals surface area contributed by atoms with Crippen molar-refractivity contribution in [2.75, 3.05) is 6.54 Å². The molecule has 0 aromatic heterocycles. The fraction of sp³-hybridized carbons (Fsp3) is 0.941. The molecule has 2 aliphatic carbocycles. The van der Waals surface area contributed by atoms with E-state index in [1.54, 1.807) is 0 Å². The lowest BCUT2D eigenvalue weighted by Crippen LogP contribution is -2.35. The SMILES string of the molecule is CC(C)CC1CCCC(NCCCC(=O)NC2CC2)C1. The van der Waals surface area contributed by atoms with E-state index in [1.165, 1.54) is 44.9 Å². The van der Waals surface area contributed by atoms with Gasteiger partial charge in [-0.15, -0.1) is 0 Å². The van der Waals surface area contributed by atoms with Crippen molar-refractivity contribution in [1.82, 2.24) is 10.6 Å². The van der Waals surface area contributed by atoms with Crippen molar-refractivity contribution in [2.24, 2.45) is 11.8 Å². The summed E-state index contributed by atoms with van der Waals surface area (Å²) in [6.07, 6.45) is 10.9. The lowest BCUT2D eigenvalue weighted by molar-refractivity contribution is -0.121. The Morgan fingerprint density at radius 3 is 2.65 bits per heavy atom. The third-order valence-corrected chi connectivity index (χ3v) is 4.54. The molecule has 0 aliphatic heterocycles. The van der Waals surface area contributed by atoms with E-state index in [0.29, 0.717) is 18.5 Å². The van der Waals surface area contributed by atoms with Gasteiger partial charge in [0.15, 0.2) is 0 Å². The zero-order chi connectivity index (χ0) is 14.4. The standard InChI is InChI=1S/C17H32N2O/c1-13(2)11-14-5-3-6-16(12-14)18-10-4-7-17(20)19-15-8-9-15/h13-16,18H,3-12H2,1-2H3,(H,19,20). The first-order chi connectivity index (χ1) is 9.63. The van der Waals surface area contributed by atoms with Crippen LogP contribution in [0.15, 0.2) is 0 Å². The van der Waals surface area contributed by atoms with Crippen LogP contribution in [-0.4, -0.2) is 24.5 Å². The fourth-order valence-electron chi connectivity index (χ4n) is 3.44. The van der Waals surface area contributed by atoms with Crippen molar-refractivity contribution < 1.29 is 4.79 Å². The highest BCUT2D eigenvalue weighted by atomic mass is 16.1. The molecule has 0 aromatic rings. The first kappa shape index (κ1) is 15.8. The molecule has 20 heavy (non-hydrogen) atoms. The number of carbonyl (C=O) groups excluding carboxylic acids is 1. The third-order valence-electron chi connectivity index (χ3n) is 4.54. The molecule has 3 nitrogen and oxygen atoms in total. The molecule has 2 fully saturated rings. The highest BCUT2D eigenvalue weighted by Gasteiger charge is 2.23. The maximum atomic E-state index is 11.6. The van der Waals surface area contributed by atoms with Crippen LogP contribution >= 0.6 is 0 Å². The van der Waals surface area contributed by atoms with Gasteiger partial charge in [-0.25, -0.2) is 0 Å². The summed E-state index contributed by atoms with van der Waals surface area (Å²) in [5.74, 6) is 1.99. The molecule has 2 aliphatic rings. The van der Waals surface area contributed by atoms with Gasteiger partial charge in [0.1, 0.15) is 0 Å². The Bertz CT molecular complexity index is 299. The van der Waals surface area contributed by atoms with Gasteiger partial charge in [0.25, 0.3) is 0 Å². The zero-order valence-corrected chi connectivity index (χ0v) is 13.3. The van der Waals surface area contributed by atoms with Crippen molar-refractivity contribution in [2.45, 2.75) is 83.7 Å². The van der Waals surface area contributed by atoms with E-state index in [2.05, 4.69) is 24.5 Å². The quantitative estimate of drug-likeness (QED) is 0.670. The molecule has 116 valence electrons. The highest BCUT2D eigenvalue weighted by molar-refractivity contribution is 5.76. The van der Waals surface area contributed by atoms with Crippen molar-refractivity contribution in [1.29, 1.82) is 0 Å². The van der Waals surface area contributed by atoms with E-state index < -0.39 is 0 Å². The number of rotatable bonds is 8. The van der Waals surface area contributed by atoms with E-state index in [0.717, 1.165) is 24.8 Å². The van der Waals surface area contributed by atoms with Gasteiger partial charge >= 0.3 is 0 Å². The van der Waals surface area contributed by atoms with Gasteiger partial charge in [-0.2, -0.15) is 0 Å². The molecule has 0 heterocycles. The topological polar surface area (TPSA) is 41.1 Å². The molecule has 2 unspecified atom stereocenters. The van der Waals surface area contributed by atoms with Gasteiger partial charge in [-0.1, -0.05) is 26.7 Å². The van der Waals surface area contributed by atoms with E-state index in [-0.39, 0.29) is 5.91 Å². The maximum Gasteiger partial charge on any atom is 0.220 e. The van der Waals surface area contributed by atoms with Gasteiger partial charge < -0.3 is 10.6 Å². The van der Waals surface area contributed by atoms with Crippen molar-refractivity contribution >= 4 is 5.91 Å². The van der Waals surface area contributed by atoms with Crippen molar-refractivity contribution in [3.8, 4) is 0 Å². The Kier molecular flexibility index (Phi) is 6.34. The Labute approximate surface area is 124 Å². The van der Waals surface area contributed by atoms with Gasteiger partial charge in [0.2, 0.25) is 5.91 Å². The molecule has 2 saturated carbocycles. The molecule has 2 rings (SSSR count). The number of hydrogen-bond donors (Lipinski definition) is 2. The predicted molar refractivity (Wildman–Crippen MR) is 83.6 cm³/mol. The Balaban J connectivity index is 1.52. The maximum absolute atomic E-state index is 11.6. The summed E-state index contributed by atoms with van der Waals surface area (Å²) in [6.45, 7) is 5.65. The molecular weight excluding hydrogens is 248 g/mol. The largest absolute Gasteiger partial charge is 0.353 e. The Morgan fingerprint density at radius 1 is 1.15 bits per heavy atom. The van der Waals surface area contributed by atoms with E-state index >= 15 is 0 Å². The molecule has 0 bridgehead atoms. The summed E-state index contributed by atoms with van der Waals surface area (Å²) in [5, 5.41) is 6.72. The van der Waals surface area contributed by atoms with Crippen LogP contribution in [0.1, 0.15) is 71.6 Å². The Hall–Kier alpha value is -0.570.